The van der Waals surface area contributed by atoms with E-state index in [4.69, 9.17) is 5.73 Å². The Morgan fingerprint density at radius 3 is 2.33 bits per heavy atom. The molecule has 2 nitrogen and oxygen atoms in total. The third kappa shape index (κ3) is 4.81. The van der Waals surface area contributed by atoms with Crippen LogP contribution in [0.4, 0.5) is 0 Å². The van der Waals surface area contributed by atoms with Crippen LogP contribution in [0.1, 0.15) is 13.8 Å². The van der Waals surface area contributed by atoms with Crippen LogP contribution in [-0.2, 0) is 4.79 Å². The highest BCUT2D eigenvalue weighted by Crippen LogP contribution is 1.92. The third-order valence-corrected chi connectivity index (χ3v) is 0.790. The molecule has 0 amide bonds. The average Bonchev–Trinajstić information content (AvgIpc) is 1.63. The van der Waals surface area contributed by atoms with Gasteiger partial charge in [-0.25, -0.2) is 0 Å². The van der Waals surface area contributed by atoms with E-state index in [9.17, 15) is 4.79 Å². The van der Waals surface area contributed by atoms with Crippen LogP contribution >= 0.6 is 0 Å². The van der Waals surface area contributed by atoms with Crippen molar-refractivity contribution in [3.8, 4) is 0 Å². The number of nitrogens with two attached hydrogens (primary N) is 1. The Hall–Kier alpha value is -1.05. The molecule has 0 fully saturated rings. The highest BCUT2D eigenvalue weighted by atomic mass is 16.1. The van der Waals surface area contributed by atoms with E-state index >= 15 is 0 Å². The summed E-state index contributed by atoms with van der Waals surface area (Å²) in [5.74, 6) is 0.0469. The topological polar surface area (TPSA) is 43.1 Å². The predicted octanol–water partition coefficient (Wildman–Crippen LogP) is 0.994. The first-order chi connectivity index (χ1) is 4.16. The monoisotopic (exact) mass is 125 g/mol. The van der Waals surface area contributed by atoms with E-state index < -0.39 is 0 Å². The molecule has 0 radical (unpaired) electrons. The number of carbonyl (C=O) groups is 1. The third-order valence-electron chi connectivity index (χ3n) is 0.790. The number of hydrogen-bond acceptors (Lipinski definition) is 2. The zero-order valence-corrected chi connectivity index (χ0v) is 5.72. The predicted molar refractivity (Wildman–Crippen MR) is 37.8 cm³/mol. The highest BCUT2D eigenvalue weighted by Gasteiger charge is 1.84. The minimum atomic E-state index is 0.0469. The first-order valence-electron chi connectivity index (χ1n) is 2.74. The summed E-state index contributed by atoms with van der Waals surface area (Å²) in [5, 5.41) is 0. The van der Waals surface area contributed by atoms with E-state index in [2.05, 4.69) is 0 Å². The molecule has 0 unspecified atom stereocenters. The van der Waals surface area contributed by atoms with Gasteiger partial charge in [-0.3, -0.25) is 4.79 Å². The quantitative estimate of drug-likeness (QED) is 0.442. The van der Waals surface area contributed by atoms with Gasteiger partial charge in [0.25, 0.3) is 0 Å². The zero-order chi connectivity index (χ0) is 7.28. The molecule has 0 rings (SSSR count). The lowest BCUT2D eigenvalue weighted by Gasteiger charge is -1.85. The van der Waals surface area contributed by atoms with E-state index in [1.54, 1.807) is 6.08 Å². The minimum Gasteiger partial charge on any atom is -0.405 e. The van der Waals surface area contributed by atoms with Gasteiger partial charge in [0.15, 0.2) is 5.78 Å². The first-order valence-corrected chi connectivity index (χ1v) is 2.74. The Morgan fingerprint density at radius 2 is 2.00 bits per heavy atom. The molecule has 0 aliphatic carbocycles. The Labute approximate surface area is 55.1 Å². The summed E-state index contributed by atoms with van der Waals surface area (Å²) in [4.78, 5) is 10.4. The van der Waals surface area contributed by atoms with Gasteiger partial charge in [0, 0.05) is 0 Å². The lowest BCUT2D eigenvalue weighted by atomic mass is 10.2. The van der Waals surface area contributed by atoms with Crippen molar-refractivity contribution in [1.29, 1.82) is 0 Å². The van der Waals surface area contributed by atoms with Crippen LogP contribution in [0, 0.1) is 0 Å². The van der Waals surface area contributed by atoms with E-state index in [1.165, 1.54) is 19.2 Å². The zero-order valence-electron chi connectivity index (χ0n) is 5.72. The lowest BCUT2D eigenvalue weighted by Crippen LogP contribution is -1.84. The molecule has 0 atom stereocenters. The van der Waals surface area contributed by atoms with Crippen molar-refractivity contribution in [2.24, 2.45) is 5.73 Å². The number of ketones is 1. The Kier molecular flexibility index (Phi) is 3.44. The molecule has 0 saturated carbocycles. The second-order valence-corrected chi connectivity index (χ2v) is 1.86. The fraction of sp³-hybridized carbons (Fsp3) is 0.286. The molecule has 2 N–H and O–H groups in total. The largest absolute Gasteiger partial charge is 0.405 e. The molecular formula is C7H11NO. The Bertz CT molecular complexity index is 156. The molecule has 0 aromatic carbocycles. The maximum atomic E-state index is 10.4. The fourth-order valence-electron chi connectivity index (χ4n) is 0.521. The van der Waals surface area contributed by atoms with Crippen LogP contribution in [0.3, 0.4) is 0 Å². The number of carbonyl (C=O) groups excluding carboxylic acids is 1. The van der Waals surface area contributed by atoms with Gasteiger partial charge in [0.1, 0.15) is 0 Å². The Balaban J connectivity index is 4.00. The van der Waals surface area contributed by atoms with Crippen LogP contribution in [-0.4, -0.2) is 5.78 Å². The molecule has 0 saturated heterocycles. The van der Waals surface area contributed by atoms with E-state index in [-0.39, 0.29) is 5.78 Å². The molecule has 0 bridgehead atoms. The van der Waals surface area contributed by atoms with Crippen molar-refractivity contribution in [1.82, 2.24) is 0 Å². The summed E-state index contributed by atoms with van der Waals surface area (Å²) in [6, 6.07) is 0. The Morgan fingerprint density at radius 1 is 1.44 bits per heavy atom. The van der Waals surface area contributed by atoms with E-state index in [0.717, 1.165) is 5.57 Å². The minimum absolute atomic E-state index is 0.0469. The second-order valence-electron chi connectivity index (χ2n) is 1.86. The summed E-state index contributed by atoms with van der Waals surface area (Å²) in [5.41, 5.74) is 5.95. The van der Waals surface area contributed by atoms with Crippen LogP contribution in [0.2, 0.25) is 0 Å². The molecule has 0 aromatic rings. The lowest BCUT2D eigenvalue weighted by molar-refractivity contribution is -0.112. The first kappa shape index (κ1) is 7.95. The van der Waals surface area contributed by atoms with Crippen LogP contribution in [0.25, 0.3) is 0 Å². The molecular weight excluding hydrogens is 114 g/mol. The van der Waals surface area contributed by atoms with E-state index in [1.807, 2.05) is 6.92 Å². The molecule has 50 valence electrons. The normalized spacial score (nSPS) is 12.4. The van der Waals surface area contributed by atoms with Gasteiger partial charge in [0.05, 0.1) is 0 Å². The van der Waals surface area contributed by atoms with Crippen molar-refractivity contribution >= 4 is 5.78 Å². The van der Waals surface area contributed by atoms with Gasteiger partial charge in [-0.1, -0.05) is 0 Å². The van der Waals surface area contributed by atoms with Crippen molar-refractivity contribution in [3.05, 3.63) is 23.9 Å². The van der Waals surface area contributed by atoms with Crippen LogP contribution in [0.5, 0.6) is 0 Å². The van der Waals surface area contributed by atoms with Gasteiger partial charge in [-0.2, -0.15) is 0 Å². The molecule has 0 aliphatic heterocycles. The van der Waals surface area contributed by atoms with Gasteiger partial charge < -0.3 is 5.73 Å². The van der Waals surface area contributed by atoms with Gasteiger partial charge in [0.2, 0.25) is 0 Å². The SMILES string of the molecule is CC(=O)/C=C(C)/C=C/N. The van der Waals surface area contributed by atoms with E-state index in [0.29, 0.717) is 0 Å². The second kappa shape index (κ2) is 3.89. The molecule has 0 spiro atoms. The van der Waals surface area contributed by atoms with Crippen molar-refractivity contribution in [2.45, 2.75) is 13.8 Å². The van der Waals surface area contributed by atoms with Crippen LogP contribution < -0.4 is 5.73 Å². The summed E-state index contributed by atoms with van der Waals surface area (Å²) in [6.07, 6.45) is 4.62. The molecule has 0 aromatic heterocycles. The van der Waals surface area contributed by atoms with Gasteiger partial charge in [-0.15, -0.1) is 0 Å². The summed E-state index contributed by atoms with van der Waals surface area (Å²) < 4.78 is 0. The fourth-order valence-corrected chi connectivity index (χ4v) is 0.521. The number of rotatable bonds is 2. The maximum absolute atomic E-state index is 10.4. The summed E-state index contributed by atoms with van der Waals surface area (Å²) in [7, 11) is 0. The molecule has 2 heteroatoms. The number of hydrogen-bond donors (Lipinski definition) is 1. The standard InChI is InChI=1S/C7H11NO/c1-6(3-4-8)5-7(2)9/h3-5H,8H2,1-2H3/b4-3+,6-5+. The highest BCUT2D eigenvalue weighted by molar-refractivity contribution is 5.88. The smallest absolute Gasteiger partial charge is 0.152 e. The van der Waals surface area contributed by atoms with Crippen molar-refractivity contribution in [2.75, 3.05) is 0 Å². The molecule has 0 aliphatic rings. The van der Waals surface area contributed by atoms with Gasteiger partial charge in [-0.05, 0) is 37.8 Å². The van der Waals surface area contributed by atoms with Crippen molar-refractivity contribution in [3.63, 3.8) is 0 Å². The molecule has 9 heavy (non-hydrogen) atoms. The maximum Gasteiger partial charge on any atom is 0.152 e. The number of allylic oxidation sites excluding steroid dienone is 3. The van der Waals surface area contributed by atoms with Gasteiger partial charge >= 0.3 is 0 Å². The van der Waals surface area contributed by atoms with Crippen LogP contribution in [0.15, 0.2) is 23.9 Å². The summed E-state index contributed by atoms with van der Waals surface area (Å²) >= 11 is 0. The molecule has 0 heterocycles. The summed E-state index contributed by atoms with van der Waals surface area (Å²) in [6.45, 7) is 3.33. The average molecular weight is 125 g/mol. The van der Waals surface area contributed by atoms with Crippen molar-refractivity contribution < 1.29 is 4.79 Å².